The molecule has 1 N–H and O–H groups in total. The van der Waals surface area contributed by atoms with Gasteiger partial charge in [-0.25, -0.2) is 12.8 Å². The number of halogens is 3. The normalized spacial score (nSPS) is 12.5. The molecule has 2 aromatic rings. The molecule has 1 unspecified atom stereocenters. The monoisotopic (exact) mass is 405 g/mol. The van der Waals surface area contributed by atoms with Crippen LogP contribution in [0.15, 0.2) is 41.3 Å². The summed E-state index contributed by atoms with van der Waals surface area (Å²) >= 11 is 11.7. The highest BCUT2D eigenvalue weighted by Gasteiger charge is 2.19. The average Bonchev–Trinajstić information content (AvgIpc) is 2.50. The minimum absolute atomic E-state index is 0.112. The molecule has 2 aromatic carbocycles. The largest absolute Gasteiger partial charge is 0.479 e. The number of hydrogen-bond donors (Lipinski definition) is 1. The number of sulfone groups is 1. The number of hydrogen-bond acceptors (Lipinski definition) is 4. The molecule has 0 aliphatic heterocycles. The second-order valence-corrected chi connectivity index (χ2v) is 8.10. The van der Waals surface area contributed by atoms with Crippen molar-refractivity contribution in [3.8, 4) is 5.75 Å². The van der Waals surface area contributed by atoms with Gasteiger partial charge in [-0.3, -0.25) is 4.79 Å². The maximum atomic E-state index is 13.8. The molecule has 0 aliphatic carbocycles. The summed E-state index contributed by atoms with van der Waals surface area (Å²) in [6.07, 6.45) is -0.0277. The quantitative estimate of drug-likeness (QED) is 0.764. The van der Waals surface area contributed by atoms with E-state index in [9.17, 15) is 17.6 Å². The molecule has 0 spiro atoms. The molecule has 0 fully saturated rings. The van der Waals surface area contributed by atoms with E-state index in [1.807, 2.05) is 0 Å². The first-order valence-corrected chi connectivity index (χ1v) is 9.65. The van der Waals surface area contributed by atoms with Crippen LogP contribution in [0.2, 0.25) is 10.0 Å². The molecule has 0 aromatic heterocycles. The van der Waals surface area contributed by atoms with Gasteiger partial charge in [-0.1, -0.05) is 23.2 Å². The van der Waals surface area contributed by atoms with E-state index in [4.69, 9.17) is 27.9 Å². The summed E-state index contributed by atoms with van der Waals surface area (Å²) in [4.78, 5) is 12.1. The highest BCUT2D eigenvalue weighted by atomic mass is 35.5. The van der Waals surface area contributed by atoms with E-state index < -0.39 is 27.7 Å². The van der Waals surface area contributed by atoms with Crippen LogP contribution in [0.1, 0.15) is 6.92 Å². The van der Waals surface area contributed by atoms with Gasteiger partial charge in [-0.05, 0) is 43.3 Å². The highest BCUT2D eigenvalue weighted by Crippen LogP contribution is 2.28. The number of carbonyl (C=O) groups excluding carboxylic acids is 1. The number of amides is 1. The second-order valence-electron chi connectivity index (χ2n) is 5.24. The van der Waals surface area contributed by atoms with Gasteiger partial charge in [-0.2, -0.15) is 0 Å². The van der Waals surface area contributed by atoms with Crippen LogP contribution in [0, 0.1) is 5.82 Å². The summed E-state index contributed by atoms with van der Waals surface area (Å²) in [5, 5.41) is 2.93. The van der Waals surface area contributed by atoms with Crippen molar-refractivity contribution >= 4 is 44.6 Å². The zero-order valence-corrected chi connectivity index (χ0v) is 15.5. The van der Waals surface area contributed by atoms with E-state index in [0.29, 0.717) is 5.02 Å². The van der Waals surface area contributed by atoms with Gasteiger partial charge >= 0.3 is 0 Å². The van der Waals surface area contributed by atoms with Crippen LogP contribution < -0.4 is 10.1 Å². The summed E-state index contributed by atoms with van der Waals surface area (Å²) in [7, 11) is -3.54. The minimum atomic E-state index is -3.54. The first kappa shape index (κ1) is 19.5. The predicted molar refractivity (Wildman–Crippen MR) is 94.7 cm³/mol. The van der Waals surface area contributed by atoms with Gasteiger partial charge in [0.15, 0.2) is 15.9 Å². The fourth-order valence-electron chi connectivity index (χ4n) is 1.88. The Kier molecular flexibility index (Phi) is 5.92. The Morgan fingerprint density at radius 3 is 2.48 bits per heavy atom. The lowest BCUT2D eigenvalue weighted by Gasteiger charge is -2.16. The van der Waals surface area contributed by atoms with Gasteiger partial charge in [0.1, 0.15) is 11.6 Å². The molecule has 1 atom stereocenters. The Bertz CT molecular complexity index is 918. The van der Waals surface area contributed by atoms with Gasteiger partial charge in [0.25, 0.3) is 5.91 Å². The number of carbonyl (C=O) groups is 1. The maximum absolute atomic E-state index is 13.8. The van der Waals surface area contributed by atoms with Gasteiger partial charge in [0.2, 0.25) is 0 Å². The lowest BCUT2D eigenvalue weighted by atomic mass is 10.2. The molecule has 25 heavy (non-hydrogen) atoms. The first-order chi connectivity index (χ1) is 11.6. The summed E-state index contributed by atoms with van der Waals surface area (Å²) in [6, 6.07) is 7.63. The topological polar surface area (TPSA) is 72.5 Å². The Hall–Kier alpha value is -1.83. The van der Waals surface area contributed by atoms with Crippen molar-refractivity contribution in [2.24, 2.45) is 0 Å². The predicted octanol–water partition coefficient (Wildman–Crippen LogP) is 3.94. The second kappa shape index (κ2) is 7.59. The third-order valence-corrected chi connectivity index (χ3v) is 4.83. The van der Waals surface area contributed by atoms with Gasteiger partial charge < -0.3 is 10.1 Å². The van der Waals surface area contributed by atoms with Crippen LogP contribution in [0.3, 0.4) is 0 Å². The Morgan fingerprint density at radius 1 is 1.20 bits per heavy atom. The molecule has 0 saturated carbocycles. The molecular formula is C16H14Cl2FNO4S. The summed E-state index contributed by atoms with van der Waals surface area (Å²) in [5.41, 5.74) is -0.259. The van der Waals surface area contributed by atoms with Gasteiger partial charge in [0, 0.05) is 11.3 Å². The van der Waals surface area contributed by atoms with Crippen molar-refractivity contribution < 1.29 is 22.3 Å². The van der Waals surface area contributed by atoms with Crippen LogP contribution in [0.4, 0.5) is 10.1 Å². The summed E-state index contributed by atoms with van der Waals surface area (Å²) < 4.78 is 42.3. The summed E-state index contributed by atoms with van der Waals surface area (Å²) in [5.74, 6) is -1.20. The average molecular weight is 406 g/mol. The molecule has 0 radical (unpaired) electrons. The molecular weight excluding hydrogens is 392 g/mol. The Labute approximate surface area is 154 Å². The van der Waals surface area contributed by atoms with E-state index in [-0.39, 0.29) is 21.4 Å². The maximum Gasteiger partial charge on any atom is 0.265 e. The van der Waals surface area contributed by atoms with Crippen molar-refractivity contribution in [2.75, 3.05) is 11.6 Å². The van der Waals surface area contributed by atoms with E-state index in [1.165, 1.54) is 19.1 Å². The molecule has 5 nitrogen and oxygen atoms in total. The zero-order chi connectivity index (χ0) is 18.8. The van der Waals surface area contributed by atoms with Crippen molar-refractivity contribution in [3.63, 3.8) is 0 Å². The van der Waals surface area contributed by atoms with E-state index >= 15 is 0 Å². The molecule has 0 saturated heterocycles. The molecule has 2 rings (SSSR count). The zero-order valence-electron chi connectivity index (χ0n) is 13.2. The Balaban J connectivity index is 2.16. The molecule has 1 amide bonds. The van der Waals surface area contributed by atoms with Crippen LogP contribution in [-0.4, -0.2) is 26.7 Å². The lowest BCUT2D eigenvalue weighted by Crippen LogP contribution is -2.30. The Morgan fingerprint density at radius 2 is 1.88 bits per heavy atom. The van der Waals surface area contributed by atoms with Crippen molar-refractivity contribution in [1.29, 1.82) is 0 Å². The third-order valence-electron chi connectivity index (χ3n) is 3.19. The number of benzene rings is 2. The summed E-state index contributed by atoms with van der Waals surface area (Å²) in [6.45, 7) is 1.44. The molecule has 0 heterocycles. The van der Waals surface area contributed by atoms with Crippen molar-refractivity contribution in [1.82, 2.24) is 0 Å². The van der Waals surface area contributed by atoms with Crippen molar-refractivity contribution in [3.05, 3.63) is 52.3 Å². The molecule has 134 valence electrons. The van der Waals surface area contributed by atoms with Gasteiger partial charge in [-0.15, -0.1) is 0 Å². The van der Waals surface area contributed by atoms with Crippen LogP contribution in [0.5, 0.6) is 5.75 Å². The third kappa shape index (κ3) is 5.07. The van der Waals surface area contributed by atoms with Crippen LogP contribution >= 0.6 is 23.2 Å². The first-order valence-electron chi connectivity index (χ1n) is 7.00. The van der Waals surface area contributed by atoms with E-state index in [2.05, 4.69) is 5.32 Å². The fraction of sp³-hybridized carbons (Fsp3) is 0.188. The van der Waals surface area contributed by atoms with E-state index in [0.717, 1.165) is 24.5 Å². The smallest absolute Gasteiger partial charge is 0.265 e. The molecule has 0 bridgehead atoms. The standard InChI is InChI=1S/C16H14Cl2FNO4S/c1-9(24-15-6-3-10(17)7-12(15)18)16(21)20-14-8-11(25(2,22)23)4-5-13(14)19/h3-9H,1-2H3,(H,20,21). The number of anilines is 1. The lowest BCUT2D eigenvalue weighted by molar-refractivity contribution is -0.122. The number of ether oxygens (including phenoxy) is 1. The van der Waals surface area contributed by atoms with Crippen molar-refractivity contribution in [2.45, 2.75) is 17.9 Å². The molecule has 9 heteroatoms. The fourth-order valence-corrected chi connectivity index (χ4v) is 2.98. The van der Waals surface area contributed by atoms with E-state index in [1.54, 1.807) is 6.07 Å². The minimum Gasteiger partial charge on any atom is -0.479 e. The molecule has 0 aliphatic rings. The number of nitrogens with one attached hydrogen (secondary N) is 1. The van der Waals surface area contributed by atoms with Crippen LogP contribution in [-0.2, 0) is 14.6 Å². The highest BCUT2D eigenvalue weighted by molar-refractivity contribution is 7.90. The number of rotatable bonds is 5. The van der Waals surface area contributed by atoms with Crippen LogP contribution in [0.25, 0.3) is 0 Å². The SMILES string of the molecule is CC(Oc1ccc(Cl)cc1Cl)C(=O)Nc1cc(S(C)(=O)=O)ccc1F. The van der Waals surface area contributed by atoms with Gasteiger partial charge in [0.05, 0.1) is 15.6 Å².